The van der Waals surface area contributed by atoms with E-state index in [1.165, 1.54) is 8.94 Å². The van der Waals surface area contributed by atoms with Crippen LogP contribution in [0.3, 0.4) is 0 Å². The molecule has 11 heavy (non-hydrogen) atoms. The smallest absolute Gasteiger partial charge is 1.00 e. The van der Waals surface area contributed by atoms with Crippen LogP contribution in [-0.4, -0.2) is 17.4 Å². The van der Waals surface area contributed by atoms with Gasteiger partial charge in [-0.15, -0.1) is 0 Å². The first-order valence-electron chi connectivity index (χ1n) is 5.30. The van der Waals surface area contributed by atoms with Gasteiger partial charge in [0.15, 0.2) is 0 Å². The quantitative estimate of drug-likeness (QED) is 0.610. The van der Waals surface area contributed by atoms with Gasteiger partial charge in [-0.2, -0.15) is 0 Å². The molecule has 2 aliphatic carbocycles. The zero-order chi connectivity index (χ0) is 7.52. The monoisotopic (exact) mass is 208 g/mol. The molecule has 2 aliphatic rings. The molecule has 0 saturated heterocycles. The second-order valence-corrected chi connectivity index (χ2v) is 9.05. The van der Waals surface area contributed by atoms with E-state index in [0.29, 0.717) is 0 Å². The fraction of sp³-hybridized carbons (Fsp3) is 1.00. The summed E-state index contributed by atoms with van der Waals surface area (Å²) in [5.41, 5.74) is 0. The minimum atomic E-state index is 0. The molecular formula is C10H19Ga-. The fourth-order valence-corrected chi connectivity index (χ4v) is 7.89. The molecule has 2 fully saturated rings. The summed E-state index contributed by atoms with van der Waals surface area (Å²) in [6, 6.07) is 0. The van der Waals surface area contributed by atoms with E-state index >= 15 is 0 Å². The van der Waals surface area contributed by atoms with Crippen molar-refractivity contribution in [2.75, 3.05) is 0 Å². The maximum absolute atomic E-state index is 1.62. The van der Waals surface area contributed by atoms with Gasteiger partial charge in [-0.1, -0.05) is 0 Å². The first-order valence-corrected chi connectivity index (χ1v) is 8.10. The molecule has 2 saturated carbocycles. The number of hydrogen-bond acceptors (Lipinski definition) is 0. The molecule has 0 unspecified atom stereocenters. The molecular weight excluding hydrogens is 190 g/mol. The third kappa shape index (κ3) is 2.28. The van der Waals surface area contributed by atoms with Crippen LogP contribution >= 0.6 is 0 Å². The van der Waals surface area contributed by atoms with Gasteiger partial charge in [0.25, 0.3) is 0 Å². The number of rotatable bonds is 2. The Morgan fingerprint density at radius 1 is 0.727 bits per heavy atom. The van der Waals surface area contributed by atoms with Crippen molar-refractivity contribution in [3.05, 3.63) is 0 Å². The van der Waals surface area contributed by atoms with Gasteiger partial charge < -0.3 is 1.43 Å². The molecule has 1 radical (unpaired) electrons. The summed E-state index contributed by atoms with van der Waals surface area (Å²) in [4.78, 5) is 0. The topological polar surface area (TPSA) is 0 Å². The van der Waals surface area contributed by atoms with Crippen molar-refractivity contribution in [2.24, 2.45) is 0 Å². The zero-order valence-corrected chi connectivity index (χ0v) is 9.81. The second-order valence-electron chi connectivity index (χ2n) is 4.28. The van der Waals surface area contributed by atoms with Crippen LogP contribution in [0.15, 0.2) is 0 Å². The van der Waals surface area contributed by atoms with E-state index in [1.807, 2.05) is 0 Å². The summed E-state index contributed by atoms with van der Waals surface area (Å²) in [7, 11) is 0. The van der Waals surface area contributed by atoms with E-state index in [1.54, 1.807) is 51.4 Å². The minimum Gasteiger partial charge on any atom is -1.00 e. The molecule has 0 bridgehead atoms. The third-order valence-corrected chi connectivity index (χ3v) is 8.43. The SMILES string of the molecule is C1CC[CH]([Ga][CH]2CCCC2)C1.[H-]. The van der Waals surface area contributed by atoms with E-state index in [2.05, 4.69) is 0 Å². The van der Waals surface area contributed by atoms with Crippen LogP contribution in [0.4, 0.5) is 0 Å². The first kappa shape index (κ1) is 8.24. The maximum atomic E-state index is 1.62. The molecule has 2 rings (SSSR count). The van der Waals surface area contributed by atoms with Crippen molar-refractivity contribution in [3.8, 4) is 0 Å². The van der Waals surface area contributed by atoms with Crippen molar-refractivity contribution < 1.29 is 1.43 Å². The molecule has 0 aromatic heterocycles. The van der Waals surface area contributed by atoms with E-state index in [-0.39, 0.29) is 18.8 Å². The van der Waals surface area contributed by atoms with Crippen molar-refractivity contribution >= 4 is 17.4 Å². The second kappa shape index (κ2) is 4.04. The third-order valence-electron chi connectivity index (χ3n) is 3.34. The van der Waals surface area contributed by atoms with Crippen molar-refractivity contribution in [2.45, 2.75) is 60.3 Å². The van der Waals surface area contributed by atoms with Gasteiger partial charge in [-0.3, -0.25) is 0 Å². The Balaban J connectivity index is 0.000000720. The van der Waals surface area contributed by atoms with Crippen molar-refractivity contribution in [1.82, 2.24) is 0 Å². The molecule has 0 aromatic rings. The Hall–Kier alpha value is 0.636. The van der Waals surface area contributed by atoms with Crippen molar-refractivity contribution in [3.63, 3.8) is 0 Å². The van der Waals surface area contributed by atoms with Crippen LogP contribution in [-0.2, 0) is 0 Å². The normalized spacial score (nSPS) is 28.0. The van der Waals surface area contributed by atoms with Gasteiger partial charge >= 0.3 is 77.7 Å². The average Bonchev–Trinajstić information content (AvgIpc) is 2.60. The van der Waals surface area contributed by atoms with E-state index < -0.39 is 0 Å². The summed E-state index contributed by atoms with van der Waals surface area (Å²) in [6.07, 6.45) is 12.7. The van der Waals surface area contributed by atoms with Crippen LogP contribution in [0.1, 0.15) is 52.8 Å². The largest absolute Gasteiger partial charge is 1.00 e. The van der Waals surface area contributed by atoms with E-state index in [9.17, 15) is 0 Å². The summed E-state index contributed by atoms with van der Waals surface area (Å²) in [5.74, 6) is 0. The maximum Gasteiger partial charge on any atom is -1.00 e. The Kier molecular flexibility index (Phi) is 3.03. The standard InChI is InChI=1S/2C5H9.Ga.H/c2*1-2-4-5-3-1;;/h2*1H,2-5H2;;/q;;;-1. The van der Waals surface area contributed by atoms with E-state index in [4.69, 9.17) is 0 Å². The van der Waals surface area contributed by atoms with Crippen LogP contribution in [0, 0.1) is 0 Å². The Morgan fingerprint density at radius 2 is 1.09 bits per heavy atom. The summed E-state index contributed by atoms with van der Waals surface area (Å²) < 4.78 is 2.59. The molecule has 0 heterocycles. The van der Waals surface area contributed by atoms with Crippen LogP contribution in [0.5, 0.6) is 0 Å². The van der Waals surface area contributed by atoms with Crippen LogP contribution < -0.4 is 0 Å². The molecule has 0 N–H and O–H groups in total. The molecule has 0 aromatic carbocycles. The first-order chi connectivity index (χ1) is 5.45. The van der Waals surface area contributed by atoms with Gasteiger partial charge in [0.1, 0.15) is 0 Å². The Morgan fingerprint density at radius 3 is 1.45 bits per heavy atom. The van der Waals surface area contributed by atoms with Crippen LogP contribution in [0.25, 0.3) is 0 Å². The van der Waals surface area contributed by atoms with Crippen molar-refractivity contribution in [1.29, 1.82) is 0 Å². The van der Waals surface area contributed by atoms with Gasteiger partial charge in [0, 0.05) is 0 Å². The summed E-state index contributed by atoms with van der Waals surface area (Å²) >= 11 is 0.212. The van der Waals surface area contributed by atoms with E-state index in [0.717, 1.165) is 0 Å². The summed E-state index contributed by atoms with van der Waals surface area (Å²) in [5, 5.41) is 0. The molecule has 1 heteroatoms. The number of hydrogen-bond donors (Lipinski definition) is 0. The summed E-state index contributed by atoms with van der Waals surface area (Å²) in [6.45, 7) is 0. The zero-order valence-electron chi connectivity index (χ0n) is 8.39. The van der Waals surface area contributed by atoms with Gasteiger partial charge in [-0.05, 0) is 0 Å². The predicted octanol–water partition coefficient (Wildman–Crippen LogP) is 3.53. The molecule has 0 aliphatic heterocycles. The van der Waals surface area contributed by atoms with Gasteiger partial charge in [0.2, 0.25) is 0 Å². The predicted molar refractivity (Wildman–Crippen MR) is 51.3 cm³/mol. The molecule has 63 valence electrons. The molecule has 0 amide bonds. The average molecular weight is 209 g/mol. The van der Waals surface area contributed by atoms with Crippen LogP contribution in [0.2, 0.25) is 8.94 Å². The van der Waals surface area contributed by atoms with Gasteiger partial charge in [-0.25, -0.2) is 0 Å². The Labute approximate surface area is 79.4 Å². The fourth-order valence-electron chi connectivity index (χ4n) is 2.68. The molecule has 0 atom stereocenters. The minimum absolute atomic E-state index is 0. The van der Waals surface area contributed by atoms with Gasteiger partial charge in [0.05, 0.1) is 0 Å². The molecule has 0 nitrogen and oxygen atoms in total. The molecule has 0 spiro atoms. The Bertz CT molecular complexity index is 101.